The standard InChI is InChI=1S/C21H22IN3O3S/c1-13(2)17-11-15(22)6-9-18(17)23-19(26)12-29-21-25-24-20(28-21)10-14-4-7-16(27-3)8-5-14/h4-9,11,13H,10,12H2,1-3H3,(H,23,26). The Morgan fingerprint density at radius 2 is 1.97 bits per heavy atom. The molecule has 0 atom stereocenters. The van der Waals surface area contributed by atoms with Gasteiger partial charge < -0.3 is 14.5 Å². The fourth-order valence-corrected chi connectivity index (χ4v) is 3.82. The molecule has 0 saturated heterocycles. The molecule has 0 aliphatic heterocycles. The van der Waals surface area contributed by atoms with Crippen LogP contribution in [0.25, 0.3) is 0 Å². The summed E-state index contributed by atoms with van der Waals surface area (Å²) in [6, 6.07) is 13.7. The van der Waals surface area contributed by atoms with Crippen LogP contribution in [0.15, 0.2) is 52.1 Å². The van der Waals surface area contributed by atoms with Gasteiger partial charge in [-0.1, -0.05) is 37.7 Å². The lowest BCUT2D eigenvalue weighted by Crippen LogP contribution is -2.15. The van der Waals surface area contributed by atoms with Crippen molar-refractivity contribution in [3.8, 4) is 5.75 Å². The molecule has 0 aliphatic rings. The summed E-state index contributed by atoms with van der Waals surface area (Å²) in [7, 11) is 1.63. The number of rotatable bonds is 8. The van der Waals surface area contributed by atoms with E-state index in [-0.39, 0.29) is 11.7 Å². The van der Waals surface area contributed by atoms with Gasteiger partial charge in [0.05, 0.1) is 19.3 Å². The molecule has 1 heterocycles. The molecule has 1 N–H and O–H groups in total. The molecule has 0 fully saturated rings. The minimum atomic E-state index is -0.104. The summed E-state index contributed by atoms with van der Waals surface area (Å²) < 4.78 is 12.0. The molecule has 0 radical (unpaired) electrons. The molecule has 0 bridgehead atoms. The first-order valence-corrected chi connectivity index (χ1v) is 11.2. The summed E-state index contributed by atoms with van der Waals surface area (Å²) in [5.74, 6) is 1.73. The zero-order chi connectivity index (χ0) is 20.8. The van der Waals surface area contributed by atoms with Crippen molar-refractivity contribution in [1.82, 2.24) is 10.2 Å². The monoisotopic (exact) mass is 523 g/mol. The maximum Gasteiger partial charge on any atom is 0.277 e. The van der Waals surface area contributed by atoms with Gasteiger partial charge in [0.2, 0.25) is 11.8 Å². The normalized spacial score (nSPS) is 10.9. The van der Waals surface area contributed by atoms with E-state index >= 15 is 0 Å². The number of ether oxygens (including phenoxy) is 1. The maximum atomic E-state index is 12.4. The Labute approximate surface area is 188 Å². The van der Waals surface area contributed by atoms with Crippen LogP contribution in [0.1, 0.15) is 36.8 Å². The summed E-state index contributed by atoms with van der Waals surface area (Å²) in [5.41, 5.74) is 3.01. The Bertz CT molecular complexity index is 974. The summed E-state index contributed by atoms with van der Waals surface area (Å²) >= 11 is 3.51. The van der Waals surface area contributed by atoms with Gasteiger partial charge in [-0.05, 0) is 70.0 Å². The van der Waals surface area contributed by atoms with E-state index in [0.29, 0.717) is 23.5 Å². The lowest BCUT2D eigenvalue weighted by Gasteiger charge is -2.14. The van der Waals surface area contributed by atoms with Crippen molar-refractivity contribution in [2.45, 2.75) is 31.4 Å². The molecular formula is C21H22IN3O3S. The van der Waals surface area contributed by atoms with Crippen molar-refractivity contribution >= 4 is 45.9 Å². The summed E-state index contributed by atoms with van der Waals surface area (Å²) in [4.78, 5) is 12.4. The number of hydrogen-bond acceptors (Lipinski definition) is 6. The number of hydrogen-bond donors (Lipinski definition) is 1. The third-order valence-electron chi connectivity index (χ3n) is 4.20. The molecule has 3 rings (SSSR count). The van der Waals surface area contributed by atoms with Gasteiger partial charge in [0.1, 0.15) is 5.75 Å². The number of carbonyl (C=O) groups is 1. The summed E-state index contributed by atoms with van der Waals surface area (Å²) in [6.07, 6.45) is 0.532. The average molecular weight is 523 g/mol. The van der Waals surface area contributed by atoms with E-state index in [4.69, 9.17) is 9.15 Å². The lowest BCUT2D eigenvalue weighted by molar-refractivity contribution is -0.113. The molecule has 1 amide bonds. The van der Waals surface area contributed by atoms with Crippen LogP contribution in [0.3, 0.4) is 0 Å². The van der Waals surface area contributed by atoms with Gasteiger partial charge in [-0.2, -0.15) is 0 Å². The van der Waals surface area contributed by atoms with Crippen molar-refractivity contribution in [2.24, 2.45) is 0 Å². The number of benzene rings is 2. The zero-order valence-electron chi connectivity index (χ0n) is 16.4. The van der Waals surface area contributed by atoms with E-state index in [2.05, 4.69) is 58.0 Å². The Hall–Kier alpha value is -2.07. The molecule has 0 unspecified atom stereocenters. The summed E-state index contributed by atoms with van der Waals surface area (Å²) in [5, 5.41) is 11.5. The van der Waals surface area contributed by atoms with E-state index < -0.39 is 0 Å². The number of nitrogens with one attached hydrogen (secondary N) is 1. The highest BCUT2D eigenvalue weighted by molar-refractivity contribution is 14.1. The van der Waals surface area contributed by atoms with Crippen LogP contribution in [-0.4, -0.2) is 29.0 Å². The number of carbonyl (C=O) groups excluding carboxylic acids is 1. The molecule has 2 aromatic carbocycles. The number of anilines is 1. The van der Waals surface area contributed by atoms with Crippen molar-refractivity contribution in [2.75, 3.05) is 18.2 Å². The second-order valence-corrected chi connectivity index (χ2v) is 8.88. The van der Waals surface area contributed by atoms with Crippen LogP contribution < -0.4 is 10.1 Å². The lowest BCUT2D eigenvalue weighted by atomic mass is 10.0. The maximum absolute atomic E-state index is 12.4. The topological polar surface area (TPSA) is 77.2 Å². The van der Waals surface area contributed by atoms with Crippen LogP contribution in [0.4, 0.5) is 5.69 Å². The number of aromatic nitrogens is 2. The van der Waals surface area contributed by atoms with E-state index in [9.17, 15) is 4.79 Å². The van der Waals surface area contributed by atoms with Gasteiger partial charge >= 0.3 is 0 Å². The van der Waals surface area contributed by atoms with Gasteiger partial charge in [-0.3, -0.25) is 4.79 Å². The minimum absolute atomic E-state index is 0.104. The fraction of sp³-hybridized carbons (Fsp3) is 0.286. The Morgan fingerprint density at radius 1 is 1.21 bits per heavy atom. The SMILES string of the molecule is COc1ccc(Cc2nnc(SCC(=O)Nc3ccc(I)cc3C(C)C)o2)cc1. The predicted octanol–water partition coefficient (Wildman–Crippen LogP) is 5.13. The van der Waals surface area contributed by atoms with E-state index in [1.165, 1.54) is 11.8 Å². The van der Waals surface area contributed by atoms with Crippen LogP contribution in [0, 0.1) is 3.57 Å². The Morgan fingerprint density at radius 3 is 2.66 bits per heavy atom. The molecule has 8 heteroatoms. The van der Waals surface area contributed by atoms with E-state index in [1.54, 1.807) is 7.11 Å². The molecule has 3 aromatic rings. The minimum Gasteiger partial charge on any atom is -0.497 e. The molecule has 0 aliphatic carbocycles. The predicted molar refractivity (Wildman–Crippen MR) is 123 cm³/mol. The van der Waals surface area contributed by atoms with Crippen molar-refractivity contribution in [1.29, 1.82) is 0 Å². The van der Waals surface area contributed by atoms with Crippen LogP contribution in [0.2, 0.25) is 0 Å². The van der Waals surface area contributed by atoms with Gasteiger partial charge in [0.15, 0.2) is 0 Å². The highest BCUT2D eigenvalue weighted by Gasteiger charge is 2.13. The molecule has 29 heavy (non-hydrogen) atoms. The number of halogens is 1. The number of amides is 1. The number of methoxy groups -OCH3 is 1. The number of nitrogens with zero attached hydrogens (tertiary/aromatic N) is 2. The average Bonchev–Trinajstić information content (AvgIpc) is 3.15. The fourth-order valence-electron chi connectivity index (χ4n) is 2.72. The Kier molecular flexibility index (Phi) is 7.54. The zero-order valence-corrected chi connectivity index (χ0v) is 19.4. The van der Waals surface area contributed by atoms with Gasteiger partial charge in [0.25, 0.3) is 5.22 Å². The first-order valence-electron chi connectivity index (χ1n) is 9.12. The molecule has 6 nitrogen and oxygen atoms in total. The quantitative estimate of drug-likeness (QED) is 0.326. The van der Waals surface area contributed by atoms with Crippen LogP contribution in [-0.2, 0) is 11.2 Å². The molecule has 0 saturated carbocycles. The van der Waals surface area contributed by atoms with Gasteiger partial charge in [-0.15, -0.1) is 10.2 Å². The highest BCUT2D eigenvalue weighted by Crippen LogP contribution is 2.27. The van der Waals surface area contributed by atoms with E-state index in [1.807, 2.05) is 36.4 Å². The number of thioether (sulfide) groups is 1. The second kappa shape index (κ2) is 10.1. The third kappa shape index (κ3) is 6.20. The van der Waals surface area contributed by atoms with E-state index in [0.717, 1.165) is 26.1 Å². The first-order chi connectivity index (χ1) is 13.9. The molecule has 0 spiro atoms. The first kappa shape index (κ1) is 21.6. The van der Waals surface area contributed by atoms with Crippen molar-refractivity contribution in [3.63, 3.8) is 0 Å². The molecular weight excluding hydrogens is 501 g/mol. The van der Waals surface area contributed by atoms with Crippen molar-refractivity contribution < 1.29 is 13.9 Å². The van der Waals surface area contributed by atoms with Crippen LogP contribution >= 0.6 is 34.4 Å². The second-order valence-electron chi connectivity index (χ2n) is 6.71. The van der Waals surface area contributed by atoms with Gasteiger partial charge in [-0.25, -0.2) is 0 Å². The van der Waals surface area contributed by atoms with Crippen molar-refractivity contribution in [3.05, 3.63) is 63.1 Å². The third-order valence-corrected chi connectivity index (χ3v) is 5.69. The van der Waals surface area contributed by atoms with Crippen LogP contribution in [0.5, 0.6) is 5.75 Å². The molecule has 1 aromatic heterocycles. The highest BCUT2D eigenvalue weighted by atomic mass is 127. The van der Waals surface area contributed by atoms with Gasteiger partial charge in [0, 0.05) is 9.26 Å². The largest absolute Gasteiger partial charge is 0.497 e. The molecule has 152 valence electrons. The summed E-state index contributed by atoms with van der Waals surface area (Å²) in [6.45, 7) is 4.22. The Balaban J connectivity index is 1.54. The smallest absolute Gasteiger partial charge is 0.277 e.